The lowest BCUT2D eigenvalue weighted by molar-refractivity contribution is 0.475. The summed E-state index contributed by atoms with van der Waals surface area (Å²) in [4.78, 5) is 0. The predicted molar refractivity (Wildman–Crippen MR) is 49.0 cm³/mol. The minimum atomic E-state index is 0.111. The number of para-hydroxylation sites is 1. The van der Waals surface area contributed by atoms with Gasteiger partial charge in [0, 0.05) is 0 Å². The molecule has 1 nitrogen and oxygen atoms in total. The number of phenolic OH excluding ortho intramolecular Hbond substituents is 1. The van der Waals surface area contributed by atoms with Crippen molar-refractivity contribution in [3.05, 3.63) is 41.4 Å². The zero-order valence-corrected chi connectivity index (χ0v) is 7.31. The van der Waals surface area contributed by atoms with Crippen molar-refractivity contribution in [2.24, 2.45) is 0 Å². The lowest BCUT2D eigenvalue weighted by Crippen LogP contribution is -1.56. The van der Waals surface area contributed by atoms with E-state index < -0.39 is 0 Å². The minimum Gasteiger partial charge on any atom is -0.508 e. The van der Waals surface area contributed by atoms with Gasteiger partial charge in [-0.1, -0.05) is 48.0 Å². The average Bonchev–Trinajstić information content (AvgIpc) is 1.87. The third-order valence-corrected chi connectivity index (χ3v) is 0.756. The molecule has 11 heavy (non-hydrogen) atoms. The van der Waals surface area contributed by atoms with Crippen LogP contribution in [0.4, 0.5) is 0 Å². The molecule has 0 bridgehead atoms. The molecule has 0 unspecified atom stereocenters. The van der Waals surface area contributed by atoms with Crippen LogP contribution in [0.1, 0.15) is 0 Å². The molecular formula is C8H8Cl2O. The van der Waals surface area contributed by atoms with E-state index in [1.54, 1.807) is 24.3 Å². The van der Waals surface area contributed by atoms with E-state index >= 15 is 0 Å². The third-order valence-electron chi connectivity index (χ3n) is 0.756. The van der Waals surface area contributed by atoms with Crippen molar-refractivity contribution in [1.29, 1.82) is 0 Å². The fourth-order valence-electron chi connectivity index (χ4n) is 0.428. The van der Waals surface area contributed by atoms with Crippen LogP contribution < -0.4 is 0 Å². The van der Waals surface area contributed by atoms with Gasteiger partial charge in [0.25, 0.3) is 0 Å². The van der Waals surface area contributed by atoms with Gasteiger partial charge in [0.15, 0.2) is 0 Å². The van der Waals surface area contributed by atoms with Crippen LogP contribution in [0.2, 0.25) is 0 Å². The van der Waals surface area contributed by atoms with Crippen molar-refractivity contribution in [3.8, 4) is 5.75 Å². The lowest BCUT2D eigenvalue weighted by atomic mass is 10.3. The molecule has 0 atom stereocenters. The molecule has 1 N–H and O–H groups in total. The second-order valence-corrected chi connectivity index (χ2v) is 2.78. The molecule has 0 aromatic heterocycles. The Kier molecular flexibility index (Phi) is 5.71. The molecular weight excluding hydrogens is 183 g/mol. The van der Waals surface area contributed by atoms with E-state index in [9.17, 15) is 0 Å². The third kappa shape index (κ3) is 9.34. The Hall–Kier alpha value is -0.660. The van der Waals surface area contributed by atoms with Gasteiger partial charge >= 0.3 is 0 Å². The van der Waals surface area contributed by atoms with E-state index in [2.05, 4.69) is 6.58 Å². The Morgan fingerprint density at radius 2 is 1.55 bits per heavy atom. The largest absolute Gasteiger partial charge is 0.508 e. The summed E-state index contributed by atoms with van der Waals surface area (Å²) in [5.74, 6) is 0.322. The smallest absolute Gasteiger partial charge is 0.115 e. The van der Waals surface area contributed by atoms with Crippen LogP contribution >= 0.6 is 23.2 Å². The predicted octanol–water partition coefficient (Wildman–Crippen LogP) is 3.33. The highest BCUT2D eigenvalue weighted by molar-refractivity contribution is 6.55. The van der Waals surface area contributed by atoms with Crippen LogP contribution in [0.5, 0.6) is 5.75 Å². The highest BCUT2D eigenvalue weighted by Gasteiger charge is 1.74. The first-order valence-corrected chi connectivity index (χ1v) is 3.62. The highest BCUT2D eigenvalue weighted by Crippen LogP contribution is 2.02. The maximum Gasteiger partial charge on any atom is 0.115 e. The van der Waals surface area contributed by atoms with Gasteiger partial charge in [-0.2, -0.15) is 0 Å². The summed E-state index contributed by atoms with van der Waals surface area (Å²) in [6.07, 6.45) is 0. The van der Waals surface area contributed by atoms with Crippen molar-refractivity contribution in [2.75, 3.05) is 0 Å². The summed E-state index contributed by atoms with van der Waals surface area (Å²) < 4.78 is 0.111. The zero-order chi connectivity index (χ0) is 8.69. The molecule has 0 saturated heterocycles. The Labute approximate surface area is 75.9 Å². The Morgan fingerprint density at radius 1 is 1.18 bits per heavy atom. The molecule has 0 aliphatic heterocycles. The van der Waals surface area contributed by atoms with Crippen LogP contribution in [0.15, 0.2) is 41.4 Å². The number of rotatable bonds is 0. The quantitative estimate of drug-likeness (QED) is 0.666. The fraction of sp³-hybridized carbons (Fsp3) is 0. The second kappa shape index (κ2) is 6.08. The Morgan fingerprint density at radius 3 is 1.73 bits per heavy atom. The van der Waals surface area contributed by atoms with Gasteiger partial charge in [0.05, 0.1) is 4.49 Å². The van der Waals surface area contributed by atoms with Crippen LogP contribution in [0.25, 0.3) is 0 Å². The number of hydrogen-bond donors (Lipinski definition) is 1. The van der Waals surface area contributed by atoms with Gasteiger partial charge in [0.1, 0.15) is 5.75 Å². The topological polar surface area (TPSA) is 20.2 Å². The fourth-order valence-corrected chi connectivity index (χ4v) is 0.428. The van der Waals surface area contributed by atoms with E-state index in [0.717, 1.165) is 0 Å². The maximum absolute atomic E-state index is 8.63. The molecule has 0 radical (unpaired) electrons. The Balaban J connectivity index is 0.000000218. The molecule has 0 heterocycles. The average molecular weight is 191 g/mol. The number of benzene rings is 1. The van der Waals surface area contributed by atoms with Gasteiger partial charge in [-0.15, -0.1) is 0 Å². The Bertz CT molecular complexity index is 205. The van der Waals surface area contributed by atoms with Gasteiger partial charge in [-0.05, 0) is 12.1 Å². The van der Waals surface area contributed by atoms with Crippen molar-refractivity contribution < 1.29 is 5.11 Å². The number of phenols is 1. The first-order valence-electron chi connectivity index (χ1n) is 2.87. The lowest BCUT2D eigenvalue weighted by Gasteiger charge is -1.82. The SMILES string of the molecule is C=C(Cl)Cl.Oc1ccccc1. The first-order chi connectivity index (χ1) is 5.13. The first kappa shape index (κ1) is 10.3. The number of aromatic hydroxyl groups is 1. The summed E-state index contributed by atoms with van der Waals surface area (Å²) >= 11 is 9.69. The van der Waals surface area contributed by atoms with Gasteiger partial charge in [-0.3, -0.25) is 0 Å². The van der Waals surface area contributed by atoms with E-state index in [-0.39, 0.29) is 4.49 Å². The van der Waals surface area contributed by atoms with Crippen LogP contribution in [0.3, 0.4) is 0 Å². The minimum absolute atomic E-state index is 0.111. The van der Waals surface area contributed by atoms with E-state index in [4.69, 9.17) is 28.3 Å². The van der Waals surface area contributed by atoms with Crippen LogP contribution in [-0.4, -0.2) is 5.11 Å². The van der Waals surface area contributed by atoms with E-state index in [1.807, 2.05) is 6.07 Å². The molecule has 1 aromatic carbocycles. The number of halogens is 2. The van der Waals surface area contributed by atoms with E-state index in [1.165, 1.54) is 0 Å². The van der Waals surface area contributed by atoms with Crippen molar-refractivity contribution in [1.82, 2.24) is 0 Å². The molecule has 0 aliphatic rings. The monoisotopic (exact) mass is 190 g/mol. The molecule has 0 saturated carbocycles. The van der Waals surface area contributed by atoms with Crippen molar-refractivity contribution in [3.63, 3.8) is 0 Å². The standard InChI is InChI=1S/C6H6O.C2H2Cl2/c7-6-4-2-1-3-5-6;1-2(3)4/h1-5,7H;1H2. The molecule has 0 spiro atoms. The molecule has 1 rings (SSSR count). The summed E-state index contributed by atoms with van der Waals surface area (Å²) in [5, 5.41) is 8.63. The molecule has 3 heteroatoms. The van der Waals surface area contributed by atoms with E-state index in [0.29, 0.717) is 5.75 Å². The van der Waals surface area contributed by atoms with Gasteiger partial charge in [0.2, 0.25) is 0 Å². The van der Waals surface area contributed by atoms with Gasteiger partial charge < -0.3 is 5.11 Å². The summed E-state index contributed by atoms with van der Waals surface area (Å²) in [5.41, 5.74) is 0. The number of hydrogen-bond acceptors (Lipinski definition) is 1. The van der Waals surface area contributed by atoms with Crippen LogP contribution in [0, 0.1) is 0 Å². The summed E-state index contributed by atoms with van der Waals surface area (Å²) in [7, 11) is 0. The van der Waals surface area contributed by atoms with Crippen molar-refractivity contribution in [2.45, 2.75) is 0 Å². The molecule has 0 amide bonds. The van der Waals surface area contributed by atoms with Gasteiger partial charge in [-0.25, -0.2) is 0 Å². The van der Waals surface area contributed by atoms with Crippen LogP contribution in [-0.2, 0) is 0 Å². The highest BCUT2D eigenvalue weighted by atomic mass is 35.5. The maximum atomic E-state index is 8.63. The molecule has 0 fully saturated rings. The molecule has 60 valence electrons. The molecule has 1 aromatic rings. The normalized spacial score (nSPS) is 7.82. The summed E-state index contributed by atoms with van der Waals surface area (Å²) in [6, 6.07) is 8.71. The summed E-state index contributed by atoms with van der Waals surface area (Å²) in [6.45, 7) is 3.09. The molecule has 0 aliphatic carbocycles. The van der Waals surface area contributed by atoms with Crippen molar-refractivity contribution >= 4 is 23.2 Å². The second-order valence-electron chi connectivity index (χ2n) is 1.67. The zero-order valence-electron chi connectivity index (χ0n) is 5.80.